The van der Waals surface area contributed by atoms with Gasteiger partial charge in [-0.15, -0.1) is 15.3 Å². The average molecular weight is 398 g/mol. The molecule has 0 spiro atoms. The van der Waals surface area contributed by atoms with Crippen molar-refractivity contribution in [1.29, 1.82) is 0 Å². The smallest absolute Gasteiger partial charge is 0.220 e. The molecule has 1 aliphatic rings. The second-order valence-electron chi connectivity index (χ2n) is 7.26. The van der Waals surface area contributed by atoms with Gasteiger partial charge in [-0.25, -0.2) is 0 Å². The summed E-state index contributed by atoms with van der Waals surface area (Å²) in [6.45, 7) is 5.03. The molecular weight excluding hydrogens is 372 g/mol. The van der Waals surface area contributed by atoms with Crippen molar-refractivity contribution in [2.24, 2.45) is 0 Å². The third-order valence-corrected chi connectivity index (χ3v) is 5.04. The van der Waals surface area contributed by atoms with Crippen LogP contribution in [0.25, 0.3) is 5.65 Å². The highest BCUT2D eigenvalue weighted by Gasteiger charge is 2.16. The number of amides is 1. The Morgan fingerprint density at radius 1 is 1.21 bits per heavy atom. The van der Waals surface area contributed by atoms with Crippen LogP contribution in [0.2, 0.25) is 0 Å². The van der Waals surface area contributed by atoms with Gasteiger partial charge in [-0.2, -0.15) is 4.52 Å². The Hall–Kier alpha value is -2.94. The van der Waals surface area contributed by atoms with E-state index in [9.17, 15) is 4.79 Å². The molecule has 0 aromatic carbocycles. The van der Waals surface area contributed by atoms with Crippen LogP contribution in [0, 0.1) is 0 Å². The van der Waals surface area contributed by atoms with Crippen molar-refractivity contribution < 1.29 is 13.9 Å². The molecule has 29 heavy (non-hydrogen) atoms. The lowest BCUT2D eigenvalue weighted by molar-refractivity contribution is -0.121. The van der Waals surface area contributed by atoms with Gasteiger partial charge in [0.1, 0.15) is 11.6 Å². The van der Waals surface area contributed by atoms with E-state index in [-0.39, 0.29) is 11.9 Å². The first-order valence-corrected chi connectivity index (χ1v) is 10.0. The molecule has 0 bridgehead atoms. The lowest BCUT2D eigenvalue weighted by Crippen LogP contribution is -2.37. The summed E-state index contributed by atoms with van der Waals surface area (Å²) < 4.78 is 12.5. The number of hydrogen-bond acceptors (Lipinski definition) is 7. The number of aromatic nitrogens is 4. The molecule has 4 heterocycles. The van der Waals surface area contributed by atoms with E-state index in [1.54, 1.807) is 10.8 Å². The standard InChI is InChI=1S/C20H26N6O3/c1-15(4-5-16-3-2-12-29-16)21-20(27)9-8-18-23-22-17-6-7-19(24-26(17)18)25-10-13-28-14-11-25/h2-3,6-7,12,15H,4-5,8-11,13-14H2,1H3,(H,21,27). The van der Waals surface area contributed by atoms with Crippen LogP contribution in [-0.2, 0) is 22.4 Å². The minimum atomic E-state index is -0.00183. The van der Waals surface area contributed by atoms with E-state index < -0.39 is 0 Å². The summed E-state index contributed by atoms with van der Waals surface area (Å²) in [7, 11) is 0. The molecular formula is C20H26N6O3. The highest BCUT2D eigenvalue weighted by Crippen LogP contribution is 2.14. The summed E-state index contributed by atoms with van der Waals surface area (Å²) in [5, 5.41) is 16.1. The molecule has 1 amide bonds. The molecule has 1 N–H and O–H groups in total. The first-order valence-electron chi connectivity index (χ1n) is 10.0. The van der Waals surface area contributed by atoms with Crippen LogP contribution in [0.4, 0.5) is 5.82 Å². The highest BCUT2D eigenvalue weighted by molar-refractivity contribution is 5.76. The summed E-state index contributed by atoms with van der Waals surface area (Å²) >= 11 is 0. The number of aryl methyl sites for hydroxylation is 2. The maximum atomic E-state index is 12.3. The Morgan fingerprint density at radius 3 is 2.86 bits per heavy atom. The van der Waals surface area contributed by atoms with Gasteiger partial charge in [-0.1, -0.05) is 0 Å². The van der Waals surface area contributed by atoms with Crippen molar-refractivity contribution >= 4 is 17.4 Å². The molecule has 0 aliphatic carbocycles. The molecule has 0 saturated carbocycles. The Kier molecular flexibility index (Phi) is 6.04. The van der Waals surface area contributed by atoms with Gasteiger partial charge in [0, 0.05) is 38.4 Å². The molecule has 1 saturated heterocycles. The number of fused-ring (bicyclic) bond motifs is 1. The van der Waals surface area contributed by atoms with E-state index in [2.05, 4.69) is 25.5 Å². The van der Waals surface area contributed by atoms with Crippen molar-refractivity contribution in [1.82, 2.24) is 25.1 Å². The molecule has 0 radical (unpaired) electrons. The summed E-state index contributed by atoms with van der Waals surface area (Å²) in [5.41, 5.74) is 0.684. The van der Waals surface area contributed by atoms with Gasteiger partial charge >= 0.3 is 0 Å². The topological polar surface area (TPSA) is 97.8 Å². The molecule has 9 nitrogen and oxygen atoms in total. The van der Waals surface area contributed by atoms with Gasteiger partial charge in [-0.05, 0) is 37.6 Å². The van der Waals surface area contributed by atoms with Crippen LogP contribution in [-0.4, -0.2) is 58.1 Å². The third-order valence-electron chi connectivity index (χ3n) is 5.04. The summed E-state index contributed by atoms with van der Waals surface area (Å²) in [6.07, 6.45) is 4.13. The van der Waals surface area contributed by atoms with E-state index in [0.29, 0.717) is 37.5 Å². The van der Waals surface area contributed by atoms with Crippen LogP contribution in [0.1, 0.15) is 31.4 Å². The number of rotatable bonds is 8. The Labute approximate surface area is 169 Å². The number of hydrogen-bond donors (Lipinski definition) is 1. The Balaban J connectivity index is 1.32. The van der Waals surface area contributed by atoms with Gasteiger partial charge in [0.15, 0.2) is 11.5 Å². The van der Waals surface area contributed by atoms with E-state index in [0.717, 1.165) is 37.5 Å². The minimum Gasteiger partial charge on any atom is -0.469 e. The SMILES string of the molecule is CC(CCc1ccco1)NC(=O)CCc1nnc2ccc(N3CCOCC3)nn12. The lowest BCUT2D eigenvalue weighted by atomic mass is 10.1. The monoisotopic (exact) mass is 398 g/mol. The molecule has 9 heteroatoms. The molecule has 1 fully saturated rings. The zero-order valence-corrected chi connectivity index (χ0v) is 16.6. The third kappa shape index (κ3) is 4.92. The van der Waals surface area contributed by atoms with Crippen LogP contribution in [0.5, 0.6) is 0 Å². The van der Waals surface area contributed by atoms with E-state index in [1.807, 2.05) is 31.2 Å². The van der Waals surface area contributed by atoms with Crippen molar-refractivity contribution in [3.8, 4) is 0 Å². The quantitative estimate of drug-likeness (QED) is 0.616. The number of carbonyl (C=O) groups is 1. The van der Waals surface area contributed by atoms with E-state index in [1.165, 1.54) is 0 Å². The average Bonchev–Trinajstić information content (AvgIpc) is 3.41. The number of carbonyl (C=O) groups excluding carboxylic acids is 1. The van der Waals surface area contributed by atoms with Crippen molar-refractivity contribution in [2.75, 3.05) is 31.2 Å². The van der Waals surface area contributed by atoms with E-state index >= 15 is 0 Å². The van der Waals surface area contributed by atoms with Gasteiger partial charge in [-0.3, -0.25) is 4.79 Å². The van der Waals surface area contributed by atoms with Crippen LogP contribution < -0.4 is 10.2 Å². The van der Waals surface area contributed by atoms with Gasteiger partial charge in [0.2, 0.25) is 5.91 Å². The van der Waals surface area contributed by atoms with Gasteiger partial charge in [0.25, 0.3) is 0 Å². The van der Waals surface area contributed by atoms with E-state index in [4.69, 9.17) is 9.15 Å². The van der Waals surface area contributed by atoms with Crippen LogP contribution in [0.3, 0.4) is 0 Å². The zero-order chi connectivity index (χ0) is 20.1. The Bertz CT molecular complexity index is 933. The number of nitrogens with one attached hydrogen (secondary N) is 1. The van der Waals surface area contributed by atoms with Crippen molar-refractivity contribution in [3.63, 3.8) is 0 Å². The molecule has 1 unspecified atom stereocenters. The van der Waals surface area contributed by atoms with Crippen molar-refractivity contribution in [3.05, 3.63) is 42.1 Å². The van der Waals surface area contributed by atoms with Gasteiger partial charge < -0.3 is 19.4 Å². The zero-order valence-electron chi connectivity index (χ0n) is 16.6. The highest BCUT2D eigenvalue weighted by atomic mass is 16.5. The number of ether oxygens (including phenoxy) is 1. The summed E-state index contributed by atoms with van der Waals surface area (Å²) in [6, 6.07) is 7.76. The fourth-order valence-electron chi connectivity index (χ4n) is 3.40. The fraction of sp³-hybridized carbons (Fsp3) is 0.500. The largest absolute Gasteiger partial charge is 0.469 e. The molecule has 4 rings (SSSR count). The minimum absolute atomic E-state index is 0.00183. The maximum absolute atomic E-state index is 12.3. The second kappa shape index (κ2) is 9.04. The summed E-state index contributed by atoms with van der Waals surface area (Å²) in [4.78, 5) is 14.5. The first kappa shape index (κ1) is 19.4. The van der Waals surface area contributed by atoms with Gasteiger partial charge in [0.05, 0.1) is 19.5 Å². The van der Waals surface area contributed by atoms with Crippen LogP contribution in [0.15, 0.2) is 34.9 Å². The molecule has 3 aromatic heterocycles. The van der Waals surface area contributed by atoms with Crippen molar-refractivity contribution in [2.45, 2.75) is 38.6 Å². The number of morpholine rings is 1. The first-order chi connectivity index (χ1) is 14.2. The molecule has 154 valence electrons. The maximum Gasteiger partial charge on any atom is 0.220 e. The normalized spacial score (nSPS) is 15.6. The predicted octanol–water partition coefficient (Wildman–Crippen LogP) is 1.62. The molecule has 1 aliphatic heterocycles. The molecule has 3 aromatic rings. The number of anilines is 1. The predicted molar refractivity (Wildman–Crippen MR) is 107 cm³/mol. The number of furan rings is 1. The second-order valence-corrected chi connectivity index (χ2v) is 7.26. The number of nitrogens with zero attached hydrogens (tertiary/aromatic N) is 5. The fourth-order valence-corrected chi connectivity index (χ4v) is 3.40. The Morgan fingerprint density at radius 2 is 2.07 bits per heavy atom. The summed E-state index contributed by atoms with van der Waals surface area (Å²) in [5.74, 6) is 2.49. The lowest BCUT2D eigenvalue weighted by Gasteiger charge is -2.27. The van der Waals surface area contributed by atoms with Crippen LogP contribution >= 0.6 is 0 Å². The molecule has 1 atom stereocenters.